The Hall–Kier alpha value is -1.38. The lowest BCUT2D eigenvalue weighted by atomic mass is 10.2. The van der Waals surface area contributed by atoms with Gasteiger partial charge in [-0.15, -0.1) is 0 Å². The second kappa shape index (κ2) is 9.19. The van der Waals surface area contributed by atoms with Crippen LogP contribution in [0, 0.1) is 0 Å². The third-order valence-electron chi connectivity index (χ3n) is 1.69. The van der Waals surface area contributed by atoms with Crippen LogP contribution in [0.3, 0.4) is 0 Å². The number of unbranched alkanes of at least 4 members (excludes halogenated alkanes) is 1. The highest BCUT2D eigenvalue weighted by Crippen LogP contribution is 1.96. The zero-order valence-electron chi connectivity index (χ0n) is 9.36. The van der Waals surface area contributed by atoms with Crippen LogP contribution in [-0.4, -0.2) is 18.4 Å². The van der Waals surface area contributed by atoms with Crippen molar-refractivity contribution >= 4 is 11.8 Å². The standard InChI is InChI=1S/C12H18O3/c1-3-5-8-11(13)9-6-7-10-12(14)15-4-2/h6-7,9-10H,3-5,8H2,1-2H3/b9-6+,10-7+. The topological polar surface area (TPSA) is 43.4 Å². The van der Waals surface area contributed by atoms with Crippen molar-refractivity contribution in [1.29, 1.82) is 0 Å². The number of hydrogen-bond donors (Lipinski definition) is 0. The lowest BCUT2D eigenvalue weighted by Crippen LogP contribution is -1.98. The minimum Gasteiger partial charge on any atom is -0.463 e. The number of carbonyl (C=O) groups is 2. The largest absolute Gasteiger partial charge is 0.463 e. The SMILES string of the molecule is CCCCC(=O)/C=C/C=C/C(=O)OCC. The molecule has 3 nitrogen and oxygen atoms in total. The molecule has 0 heterocycles. The number of esters is 1. The molecule has 0 aromatic rings. The summed E-state index contributed by atoms with van der Waals surface area (Å²) < 4.78 is 4.67. The van der Waals surface area contributed by atoms with Gasteiger partial charge in [0.2, 0.25) is 0 Å². The molecule has 0 saturated carbocycles. The molecule has 0 aliphatic rings. The Morgan fingerprint density at radius 1 is 1.13 bits per heavy atom. The highest BCUT2D eigenvalue weighted by atomic mass is 16.5. The van der Waals surface area contributed by atoms with Gasteiger partial charge >= 0.3 is 5.97 Å². The van der Waals surface area contributed by atoms with Gasteiger partial charge < -0.3 is 4.74 Å². The van der Waals surface area contributed by atoms with Crippen molar-refractivity contribution in [2.24, 2.45) is 0 Å². The van der Waals surface area contributed by atoms with E-state index in [0.717, 1.165) is 12.8 Å². The minimum atomic E-state index is -0.386. The van der Waals surface area contributed by atoms with Crippen LogP contribution in [-0.2, 0) is 14.3 Å². The predicted molar refractivity (Wildman–Crippen MR) is 59.4 cm³/mol. The summed E-state index contributed by atoms with van der Waals surface area (Å²) in [6.45, 7) is 4.15. The molecular formula is C12H18O3. The molecule has 0 amide bonds. The quantitative estimate of drug-likeness (QED) is 0.368. The van der Waals surface area contributed by atoms with E-state index in [1.807, 2.05) is 6.92 Å². The zero-order chi connectivity index (χ0) is 11.5. The van der Waals surface area contributed by atoms with E-state index >= 15 is 0 Å². The Bertz CT molecular complexity index is 252. The molecule has 0 radical (unpaired) electrons. The average molecular weight is 210 g/mol. The molecular weight excluding hydrogens is 192 g/mol. The van der Waals surface area contributed by atoms with Gasteiger partial charge in [0.05, 0.1) is 6.61 Å². The van der Waals surface area contributed by atoms with Gasteiger partial charge in [0.15, 0.2) is 5.78 Å². The normalized spacial score (nSPS) is 11.1. The van der Waals surface area contributed by atoms with Crippen molar-refractivity contribution in [3.8, 4) is 0 Å². The Kier molecular flexibility index (Phi) is 8.34. The maximum Gasteiger partial charge on any atom is 0.330 e. The summed E-state index contributed by atoms with van der Waals surface area (Å²) in [5.41, 5.74) is 0. The van der Waals surface area contributed by atoms with Gasteiger partial charge in [-0.1, -0.05) is 25.5 Å². The zero-order valence-corrected chi connectivity index (χ0v) is 9.36. The molecule has 84 valence electrons. The van der Waals surface area contributed by atoms with E-state index in [1.165, 1.54) is 18.2 Å². The summed E-state index contributed by atoms with van der Waals surface area (Å²) in [7, 11) is 0. The first-order valence-corrected chi connectivity index (χ1v) is 5.25. The molecule has 0 spiro atoms. The average Bonchev–Trinajstić information content (AvgIpc) is 2.22. The second-order valence-corrected chi connectivity index (χ2v) is 3.04. The van der Waals surface area contributed by atoms with Gasteiger partial charge in [-0.2, -0.15) is 0 Å². The monoisotopic (exact) mass is 210 g/mol. The Morgan fingerprint density at radius 3 is 2.40 bits per heavy atom. The molecule has 0 bridgehead atoms. The summed E-state index contributed by atoms with van der Waals surface area (Å²) in [5, 5.41) is 0. The molecule has 0 fully saturated rings. The van der Waals surface area contributed by atoms with E-state index < -0.39 is 0 Å². The van der Waals surface area contributed by atoms with Crippen molar-refractivity contribution in [2.45, 2.75) is 33.1 Å². The Morgan fingerprint density at radius 2 is 1.80 bits per heavy atom. The lowest BCUT2D eigenvalue weighted by Gasteiger charge is -1.92. The minimum absolute atomic E-state index is 0.0883. The molecule has 0 aliphatic heterocycles. The summed E-state index contributed by atoms with van der Waals surface area (Å²) in [5.74, 6) is -0.298. The van der Waals surface area contributed by atoms with Gasteiger partial charge in [-0.05, 0) is 19.4 Å². The van der Waals surface area contributed by atoms with E-state index in [-0.39, 0.29) is 11.8 Å². The predicted octanol–water partition coefficient (Wildman–Crippen LogP) is 2.42. The molecule has 0 saturated heterocycles. The summed E-state index contributed by atoms with van der Waals surface area (Å²) in [6, 6.07) is 0. The second-order valence-electron chi connectivity index (χ2n) is 3.04. The van der Waals surface area contributed by atoms with Gasteiger partial charge in [-0.3, -0.25) is 4.79 Å². The molecule has 0 rings (SSSR count). The molecule has 0 N–H and O–H groups in total. The maximum atomic E-state index is 11.1. The van der Waals surface area contributed by atoms with E-state index in [2.05, 4.69) is 4.74 Å². The van der Waals surface area contributed by atoms with Gasteiger partial charge in [-0.25, -0.2) is 4.79 Å². The highest BCUT2D eigenvalue weighted by molar-refractivity contribution is 5.90. The number of hydrogen-bond acceptors (Lipinski definition) is 3. The van der Waals surface area contributed by atoms with Crippen LogP contribution >= 0.6 is 0 Å². The van der Waals surface area contributed by atoms with Crippen molar-refractivity contribution in [3.05, 3.63) is 24.3 Å². The van der Waals surface area contributed by atoms with Crippen LogP contribution in [0.25, 0.3) is 0 Å². The molecule has 0 atom stereocenters. The number of ketones is 1. The van der Waals surface area contributed by atoms with E-state index in [0.29, 0.717) is 13.0 Å². The van der Waals surface area contributed by atoms with Crippen molar-refractivity contribution in [2.75, 3.05) is 6.61 Å². The van der Waals surface area contributed by atoms with Crippen LogP contribution < -0.4 is 0 Å². The number of rotatable bonds is 7. The first-order valence-electron chi connectivity index (χ1n) is 5.25. The number of allylic oxidation sites excluding steroid dienone is 3. The summed E-state index contributed by atoms with van der Waals surface area (Å²) in [6.07, 6.45) is 8.35. The highest BCUT2D eigenvalue weighted by Gasteiger charge is 1.94. The molecule has 0 aliphatic carbocycles. The summed E-state index contributed by atoms with van der Waals surface area (Å²) in [4.78, 5) is 22.0. The van der Waals surface area contributed by atoms with Crippen LogP contribution in [0.2, 0.25) is 0 Å². The van der Waals surface area contributed by atoms with Crippen molar-refractivity contribution in [3.63, 3.8) is 0 Å². The maximum absolute atomic E-state index is 11.1. The molecule has 0 aromatic heterocycles. The number of ether oxygens (including phenoxy) is 1. The van der Waals surface area contributed by atoms with Gasteiger partial charge in [0.25, 0.3) is 0 Å². The van der Waals surface area contributed by atoms with Crippen molar-refractivity contribution in [1.82, 2.24) is 0 Å². The van der Waals surface area contributed by atoms with E-state index in [4.69, 9.17) is 0 Å². The summed E-state index contributed by atoms with van der Waals surface area (Å²) >= 11 is 0. The van der Waals surface area contributed by atoms with Crippen LogP contribution in [0.4, 0.5) is 0 Å². The van der Waals surface area contributed by atoms with Crippen LogP contribution in [0.1, 0.15) is 33.1 Å². The number of carbonyl (C=O) groups excluding carboxylic acids is 2. The van der Waals surface area contributed by atoms with Crippen LogP contribution in [0.15, 0.2) is 24.3 Å². The fourth-order valence-electron chi connectivity index (χ4n) is 0.922. The molecule has 3 heteroatoms. The van der Waals surface area contributed by atoms with Gasteiger partial charge in [0, 0.05) is 12.5 Å². The molecule has 15 heavy (non-hydrogen) atoms. The third kappa shape index (κ3) is 8.94. The smallest absolute Gasteiger partial charge is 0.330 e. The van der Waals surface area contributed by atoms with Crippen LogP contribution in [0.5, 0.6) is 0 Å². The van der Waals surface area contributed by atoms with E-state index in [9.17, 15) is 9.59 Å². The Labute approximate surface area is 90.8 Å². The van der Waals surface area contributed by atoms with Gasteiger partial charge in [0.1, 0.15) is 0 Å². The first-order chi connectivity index (χ1) is 7.20. The molecule has 0 aromatic carbocycles. The molecule has 0 unspecified atom stereocenters. The lowest BCUT2D eigenvalue weighted by molar-refractivity contribution is -0.137. The van der Waals surface area contributed by atoms with Crippen molar-refractivity contribution < 1.29 is 14.3 Å². The first kappa shape index (κ1) is 13.6. The van der Waals surface area contributed by atoms with E-state index in [1.54, 1.807) is 13.0 Å². The fraction of sp³-hybridized carbons (Fsp3) is 0.500. The third-order valence-corrected chi connectivity index (χ3v) is 1.69. The Balaban J connectivity index is 3.77. The fourth-order valence-corrected chi connectivity index (χ4v) is 0.922.